The molecule has 9 nitrogen and oxygen atoms in total. The Labute approximate surface area is 193 Å². The molecule has 1 saturated heterocycles. The molecule has 9 heteroatoms. The number of hydrogen-bond acceptors (Lipinski definition) is 9. The van der Waals surface area contributed by atoms with Crippen LogP contribution in [0.2, 0.25) is 0 Å². The van der Waals surface area contributed by atoms with Crippen molar-refractivity contribution in [3.63, 3.8) is 0 Å². The number of aliphatic hydroxyl groups excluding tert-OH is 1. The standard InChI is InChI=1S/C24H30N6O3/c1-32-22-5-3-19-23(29-22)18(6-9-25-19)20(31)15-30-11-7-16(8-12-30)27-14-17-2-4-21-24(28-17)26-10-13-33-21/h2-6,9,16,20,27,31H,7-8,10-15H2,1H3,(H,26,28). The van der Waals surface area contributed by atoms with E-state index in [1.54, 1.807) is 19.4 Å². The smallest absolute Gasteiger partial charge is 0.213 e. The van der Waals surface area contributed by atoms with Gasteiger partial charge in [-0.05, 0) is 50.2 Å². The van der Waals surface area contributed by atoms with Gasteiger partial charge in [0.15, 0.2) is 11.6 Å². The first-order valence-electron chi connectivity index (χ1n) is 11.5. The average molecular weight is 451 g/mol. The van der Waals surface area contributed by atoms with Gasteiger partial charge in [0.1, 0.15) is 6.61 Å². The molecule has 0 bridgehead atoms. The zero-order valence-electron chi connectivity index (χ0n) is 18.8. The van der Waals surface area contributed by atoms with Gasteiger partial charge in [0.05, 0.1) is 36.5 Å². The number of methoxy groups -OCH3 is 1. The summed E-state index contributed by atoms with van der Waals surface area (Å²) in [5.74, 6) is 2.18. The number of aromatic nitrogens is 3. The van der Waals surface area contributed by atoms with E-state index in [2.05, 4.69) is 30.5 Å². The molecular formula is C24H30N6O3. The molecule has 3 N–H and O–H groups in total. The maximum atomic E-state index is 11.0. The topological polar surface area (TPSA) is 105 Å². The van der Waals surface area contributed by atoms with Crippen molar-refractivity contribution in [2.45, 2.75) is 31.5 Å². The first-order valence-corrected chi connectivity index (χ1v) is 11.5. The van der Waals surface area contributed by atoms with Gasteiger partial charge >= 0.3 is 0 Å². The van der Waals surface area contributed by atoms with Crippen LogP contribution in [0.3, 0.4) is 0 Å². The maximum Gasteiger partial charge on any atom is 0.213 e. The van der Waals surface area contributed by atoms with E-state index in [1.165, 1.54) is 0 Å². The van der Waals surface area contributed by atoms with Crippen molar-refractivity contribution in [3.8, 4) is 11.6 Å². The lowest BCUT2D eigenvalue weighted by Gasteiger charge is -2.33. The van der Waals surface area contributed by atoms with Crippen LogP contribution in [0.1, 0.15) is 30.2 Å². The molecule has 174 valence electrons. The fourth-order valence-electron chi connectivity index (χ4n) is 4.48. The number of rotatable bonds is 7. The number of ether oxygens (including phenoxy) is 2. The van der Waals surface area contributed by atoms with E-state index in [0.717, 1.165) is 67.4 Å². The van der Waals surface area contributed by atoms with Crippen LogP contribution in [0.5, 0.6) is 11.6 Å². The molecule has 1 atom stereocenters. The molecule has 0 radical (unpaired) electrons. The van der Waals surface area contributed by atoms with Gasteiger partial charge in [0, 0.05) is 37.0 Å². The highest BCUT2D eigenvalue weighted by Gasteiger charge is 2.23. The molecule has 3 aromatic rings. The van der Waals surface area contributed by atoms with E-state index in [-0.39, 0.29) is 0 Å². The number of likely N-dealkylation sites (tertiary alicyclic amines) is 1. The van der Waals surface area contributed by atoms with Crippen molar-refractivity contribution in [2.75, 3.05) is 45.2 Å². The van der Waals surface area contributed by atoms with Gasteiger partial charge in [0.25, 0.3) is 0 Å². The Bertz CT molecular complexity index is 1100. The second-order valence-corrected chi connectivity index (χ2v) is 8.52. The summed E-state index contributed by atoms with van der Waals surface area (Å²) in [6.45, 7) is 4.65. The average Bonchev–Trinajstić information content (AvgIpc) is 2.87. The molecule has 2 aliphatic heterocycles. The Morgan fingerprint density at radius 1 is 1.21 bits per heavy atom. The lowest BCUT2D eigenvalue weighted by Crippen LogP contribution is -2.43. The predicted molar refractivity (Wildman–Crippen MR) is 126 cm³/mol. The van der Waals surface area contributed by atoms with Gasteiger partial charge < -0.3 is 30.1 Å². The van der Waals surface area contributed by atoms with Crippen molar-refractivity contribution in [1.82, 2.24) is 25.2 Å². The monoisotopic (exact) mass is 450 g/mol. The highest BCUT2D eigenvalue weighted by Crippen LogP contribution is 2.26. The molecule has 1 unspecified atom stereocenters. The summed E-state index contributed by atoms with van der Waals surface area (Å²) in [7, 11) is 1.59. The lowest BCUT2D eigenvalue weighted by molar-refractivity contribution is 0.0947. The summed E-state index contributed by atoms with van der Waals surface area (Å²) in [4.78, 5) is 15.8. The van der Waals surface area contributed by atoms with E-state index in [1.807, 2.05) is 24.3 Å². The van der Waals surface area contributed by atoms with Gasteiger partial charge in [-0.3, -0.25) is 4.98 Å². The maximum absolute atomic E-state index is 11.0. The summed E-state index contributed by atoms with van der Waals surface area (Å²) in [6.07, 6.45) is 3.15. The molecule has 0 spiro atoms. The van der Waals surface area contributed by atoms with Crippen molar-refractivity contribution in [3.05, 3.63) is 47.8 Å². The molecule has 5 rings (SSSR count). The fraction of sp³-hybridized carbons (Fsp3) is 0.458. The molecule has 0 saturated carbocycles. The van der Waals surface area contributed by atoms with E-state index < -0.39 is 6.10 Å². The van der Waals surface area contributed by atoms with Crippen LogP contribution in [0.25, 0.3) is 11.0 Å². The van der Waals surface area contributed by atoms with Crippen molar-refractivity contribution >= 4 is 16.9 Å². The van der Waals surface area contributed by atoms with Gasteiger partial charge in [0.2, 0.25) is 5.88 Å². The zero-order chi connectivity index (χ0) is 22.6. The van der Waals surface area contributed by atoms with Gasteiger partial charge in [-0.1, -0.05) is 0 Å². The number of aliphatic hydroxyl groups is 1. The predicted octanol–water partition coefficient (Wildman–Crippen LogP) is 2.13. The minimum Gasteiger partial charge on any atom is -0.488 e. The molecule has 0 aliphatic carbocycles. The zero-order valence-corrected chi connectivity index (χ0v) is 18.8. The molecule has 33 heavy (non-hydrogen) atoms. The second-order valence-electron chi connectivity index (χ2n) is 8.52. The van der Waals surface area contributed by atoms with Crippen molar-refractivity contribution < 1.29 is 14.6 Å². The third kappa shape index (κ3) is 5.00. The number of pyridine rings is 3. The molecule has 0 aromatic carbocycles. The molecule has 5 heterocycles. The minimum absolute atomic E-state index is 0.438. The van der Waals surface area contributed by atoms with Gasteiger partial charge in [-0.15, -0.1) is 0 Å². The van der Waals surface area contributed by atoms with Crippen LogP contribution >= 0.6 is 0 Å². The van der Waals surface area contributed by atoms with Crippen LogP contribution in [0.4, 0.5) is 5.82 Å². The minimum atomic E-state index is -0.631. The van der Waals surface area contributed by atoms with E-state index in [9.17, 15) is 5.11 Å². The largest absolute Gasteiger partial charge is 0.488 e. The van der Waals surface area contributed by atoms with Crippen molar-refractivity contribution in [1.29, 1.82) is 0 Å². The van der Waals surface area contributed by atoms with Gasteiger partial charge in [-0.25, -0.2) is 9.97 Å². The molecule has 3 aromatic heterocycles. The van der Waals surface area contributed by atoms with Crippen LogP contribution in [0, 0.1) is 0 Å². The number of anilines is 1. The first-order chi connectivity index (χ1) is 16.2. The van der Waals surface area contributed by atoms with Crippen LogP contribution < -0.4 is 20.1 Å². The Morgan fingerprint density at radius 3 is 2.94 bits per heavy atom. The normalized spacial score (nSPS) is 17.8. The summed E-state index contributed by atoms with van der Waals surface area (Å²) in [5.41, 5.74) is 3.25. The summed E-state index contributed by atoms with van der Waals surface area (Å²) in [6, 6.07) is 9.95. The highest BCUT2D eigenvalue weighted by atomic mass is 16.5. The molecular weight excluding hydrogens is 420 g/mol. The van der Waals surface area contributed by atoms with Crippen molar-refractivity contribution in [2.24, 2.45) is 0 Å². The Morgan fingerprint density at radius 2 is 2.09 bits per heavy atom. The van der Waals surface area contributed by atoms with Crippen LogP contribution in [0.15, 0.2) is 36.5 Å². The number of nitrogens with zero attached hydrogens (tertiary/aromatic N) is 4. The van der Waals surface area contributed by atoms with E-state index in [4.69, 9.17) is 9.47 Å². The molecule has 1 fully saturated rings. The summed E-state index contributed by atoms with van der Waals surface area (Å²) < 4.78 is 10.8. The first kappa shape index (κ1) is 21.8. The highest BCUT2D eigenvalue weighted by molar-refractivity contribution is 5.78. The number of piperidine rings is 1. The van der Waals surface area contributed by atoms with Crippen LogP contribution in [-0.4, -0.2) is 70.9 Å². The number of hydrogen-bond donors (Lipinski definition) is 3. The Kier molecular flexibility index (Phi) is 6.52. The lowest BCUT2D eigenvalue weighted by atomic mass is 10.0. The van der Waals surface area contributed by atoms with E-state index in [0.29, 0.717) is 30.6 Å². The Balaban J connectivity index is 1.14. The number of nitrogens with one attached hydrogen (secondary N) is 2. The molecule has 2 aliphatic rings. The molecule has 0 amide bonds. The number of β-amino-alcohol motifs (C(OH)–C–C–N with tert-alkyl or cyclic N) is 1. The summed E-state index contributed by atoms with van der Waals surface area (Å²) >= 11 is 0. The van der Waals surface area contributed by atoms with Crippen LogP contribution in [-0.2, 0) is 6.54 Å². The third-order valence-corrected chi connectivity index (χ3v) is 6.32. The number of fused-ring (bicyclic) bond motifs is 2. The quantitative estimate of drug-likeness (QED) is 0.499. The summed E-state index contributed by atoms with van der Waals surface area (Å²) in [5, 5.41) is 17.9. The Hall–Kier alpha value is -3.01. The van der Waals surface area contributed by atoms with E-state index >= 15 is 0 Å². The third-order valence-electron chi connectivity index (χ3n) is 6.32. The SMILES string of the molecule is COc1ccc2nccc(C(O)CN3CCC(NCc4ccc5c(n4)NCCO5)CC3)c2n1. The second kappa shape index (κ2) is 9.86. The fourth-order valence-corrected chi connectivity index (χ4v) is 4.48. The van der Waals surface area contributed by atoms with Gasteiger partial charge in [-0.2, -0.15) is 0 Å².